The predicted molar refractivity (Wildman–Crippen MR) is 76.0 cm³/mol. The molecule has 0 unspecified atom stereocenters. The van der Waals surface area contributed by atoms with Gasteiger partial charge in [-0.05, 0) is 30.3 Å². The maximum Gasteiger partial charge on any atom is 0.343 e. The monoisotopic (exact) mass is 289 g/mol. The van der Waals surface area contributed by atoms with Crippen molar-refractivity contribution in [3.05, 3.63) is 58.6 Å². The first-order chi connectivity index (χ1) is 9.24. The molecule has 0 saturated heterocycles. The molecule has 0 N–H and O–H groups in total. The average molecular weight is 290 g/mol. The highest BCUT2D eigenvalue weighted by Gasteiger charge is 2.11. The Hall–Kier alpha value is -1.91. The molecule has 0 spiro atoms. The summed E-state index contributed by atoms with van der Waals surface area (Å²) in [7, 11) is 0. The first kappa shape index (κ1) is 12.1. The predicted octanol–water partition coefficient (Wildman–Crippen LogP) is 4.17. The molecule has 2 aromatic carbocycles. The Morgan fingerprint density at radius 3 is 2.89 bits per heavy atom. The summed E-state index contributed by atoms with van der Waals surface area (Å²) in [5.41, 5.74) is 3.10. The van der Waals surface area contributed by atoms with Gasteiger partial charge in [-0.2, -0.15) is 0 Å². The van der Waals surface area contributed by atoms with Crippen molar-refractivity contribution in [1.29, 1.82) is 0 Å². The van der Waals surface area contributed by atoms with E-state index in [1.807, 2.05) is 0 Å². The Balaban J connectivity index is 1.89. The molecule has 0 fully saturated rings. The third-order valence-electron chi connectivity index (χ3n) is 2.61. The summed E-state index contributed by atoms with van der Waals surface area (Å²) in [5.74, 6) is -0.0676. The third kappa shape index (κ3) is 2.45. The van der Waals surface area contributed by atoms with Gasteiger partial charge in [0.25, 0.3) is 0 Å². The van der Waals surface area contributed by atoms with Crippen LogP contribution in [0.25, 0.3) is 10.2 Å². The number of hydrogen-bond donors (Lipinski definition) is 0. The van der Waals surface area contributed by atoms with Crippen molar-refractivity contribution in [1.82, 2.24) is 4.98 Å². The van der Waals surface area contributed by atoms with E-state index in [1.54, 1.807) is 48.0 Å². The Morgan fingerprint density at radius 2 is 2.05 bits per heavy atom. The van der Waals surface area contributed by atoms with Crippen molar-refractivity contribution in [3.8, 4) is 5.75 Å². The molecule has 0 amide bonds. The summed E-state index contributed by atoms with van der Waals surface area (Å²) in [6.07, 6.45) is 0. The Morgan fingerprint density at radius 1 is 1.21 bits per heavy atom. The van der Waals surface area contributed by atoms with E-state index in [0.717, 1.165) is 10.2 Å². The molecular weight excluding hydrogens is 282 g/mol. The van der Waals surface area contributed by atoms with Crippen molar-refractivity contribution in [2.24, 2.45) is 0 Å². The van der Waals surface area contributed by atoms with Crippen molar-refractivity contribution < 1.29 is 9.53 Å². The van der Waals surface area contributed by atoms with Gasteiger partial charge in [0.15, 0.2) is 0 Å². The lowest BCUT2D eigenvalue weighted by atomic mass is 10.2. The van der Waals surface area contributed by atoms with E-state index in [9.17, 15) is 4.79 Å². The van der Waals surface area contributed by atoms with Crippen LogP contribution in [0.2, 0.25) is 5.02 Å². The lowest BCUT2D eigenvalue weighted by Gasteiger charge is -2.05. The Kier molecular flexibility index (Phi) is 3.19. The van der Waals surface area contributed by atoms with Crippen molar-refractivity contribution in [2.45, 2.75) is 0 Å². The molecule has 0 aliphatic rings. The van der Waals surface area contributed by atoms with Crippen LogP contribution < -0.4 is 4.74 Å². The van der Waals surface area contributed by atoms with Crippen molar-refractivity contribution in [3.63, 3.8) is 0 Å². The second-order valence-electron chi connectivity index (χ2n) is 3.85. The topological polar surface area (TPSA) is 39.2 Å². The van der Waals surface area contributed by atoms with Crippen LogP contribution in [0, 0.1) is 0 Å². The molecule has 0 aliphatic carbocycles. The fourth-order valence-electron chi connectivity index (χ4n) is 1.67. The minimum absolute atomic E-state index is 0.360. The van der Waals surface area contributed by atoms with Gasteiger partial charge in [0.05, 0.1) is 26.3 Å². The van der Waals surface area contributed by atoms with Gasteiger partial charge in [0.2, 0.25) is 0 Å². The fraction of sp³-hybridized carbons (Fsp3) is 0. The number of para-hydroxylation sites is 1. The molecule has 1 aromatic heterocycles. The number of thiazole rings is 1. The van der Waals surface area contributed by atoms with E-state index in [-0.39, 0.29) is 0 Å². The van der Waals surface area contributed by atoms with Crippen molar-refractivity contribution >= 4 is 39.1 Å². The number of rotatable bonds is 2. The highest BCUT2D eigenvalue weighted by atomic mass is 35.5. The molecule has 0 radical (unpaired) electrons. The summed E-state index contributed by atoms with van der Waals surface area (Å²) in [5, 5.41) is 0.412. The molecule has 0 aliphatic heterocycles. The third-order valence-corrected chi connectivity index (χ3v) is 3.71. The van der Waals surface area contributed by atoms with Crippen LogP contribution in [-0.2, 0) is 0 Å². The van der Waals surface area contributed by atoms with E-state index in [1.165, 1.54) is 11.3 Å². The number of ether oxygens (including phenoxy) is 1. The van der Waals surface area contributed by atoms with E-state index in [0.29, 0.717) is 16.3 Å². The zero-order chi connectivity index (χ0) is 13.2. The Bertz CT molecular complexity index is 754. The standard InChI is InChI=1S/C14H8ClNO2S/c15-10-3-1-2-4-12(10)18-14(17)9-5-6-11-13(7-9)19-8-16-11/h1-8H. The molecule has 1 heterocycles. The number of benzene rings is 2. The molecule has 0 bridgehead atoms. The number of halogens is 1. The van der Waals surface area contributed by atoms with Gasteiger partial charge < -0.3 is 4.74 Å². The zero-order valence-electron chi connectivity index (χ0n) is 9.67. The van der Waals surface area contributed by atoms with Gasteiger partial charge in [0, 0.05) is 0 Å². The molecule has 3 rings (SSSR count). The number of aromatic nitrogens is 1. The van der Waals surface area contributed by atoms with Crippen LogP contribution in [0.5, 0.6) is 5.75 Å². The minimum Gasteiger partial charge on any atom is -0.421 e. The maximum absolute atomic E-state index is 12.0. The second kappa shape index (κ2) is 4.99. The van der Waals surface area contributed by atoms with Crippen LogP contribution in [0.3, 0.4) is 0 Å². The summed E-state index contributed by atoms with van der Waals surface area (Å²) < 4.78 is 6.22. The normalized spacial score (nSPS) is 10.6. The van der Waals surface area contributed by atoms with Gasteiger partial charge in [-0.25, -0.2) is 9.78 Å². The van der Waals surface area contributed by atoms with Crippen LogP contribution in [-0.4, -0.2) is 11.0 Å². The van der Waals surface area contributed by atoms with Gasteiger partial charge in [-0.1, -0.05) is 23.7 Å². The second-order valence-corrected chi connectivity index (χ2v) is 5.15. The van der Waals surface area contributed by atoms with E-state index in [4.69, 9.17) is 16.3 Å². The summed E-state index contributed by atoms with van der Waals surface area (Å²) in [6, 6.07) is 12.1. The Labute approximate surface area is 118 Å². The lowest BCUT2D eigenvalue weighted by Crippen LogP contribution is -2.08. The first-order valence-corrected chi connectivity index (χ1v) is 6.80. The van der Waals surface area contributed by atoms with Crippen LogP contribution in [0.1, 0.15) is 10.4 Å². The number of carbonyl (C=O) groups excluding carboxylic acids is 1. The lowest BCUT2D eigenvalue weighted by molar-refractivity contribution is 0.0735. The molecule has 19 heavy (non-hydrogen) atoms. The van der Waals surface area contributed by atoms with E-state index >= 15 is 0 Å². The van der Waals surface area contributed by atoms with Gasteiger partial charge in [-0.15, -0.1) is 11.3 Å². The van der Waals surface area contributed by atoms with Crippen molar-refractivity contribution in [2.75, 3.05) is 0 Å². The number of esters is 1. The zero-order valence-corrected chi connectivity index (χ0v) is 11.2. The first-order valence-electron chi connectivity index (χ1n) is 5.54. The maximum atomic E-state index is 12.0. The fourth-order valence-corrected chi connectivity index (χ4v) is 2.56. The van der Waals surface area contributed by atoms with Crippen LogP contribution >= 0.6 is 22.9 Å². The molecule has 0 atom stereocenters. The number of nitrogens with zero attached hydrogens (tertiary/aromatic N) is 1. The summed E-state index contributed by atoms with van der Waals surface area (Å²) >= 11 is 7.43. The molecule has 94 valence electrons. The summed E-state index contributed by atoms with van der Waals surface area (Å²) in [6.45, 7) is 0. The smallest absolute Gasteiger partial charge is 0.343 e. The van der Waals surface area contributed by atoms with Crippen LogP contribution in [0.15, 0.2) is 48.0 Å². The van der Waals surface area contributed by atoms with E-state index in [2.05, 4.69) is 4.98 Å². The highest BCUT2D eigenvalue weighted by Crippen LogP contribution is 2.25. The number of carbonyl (C=O) groups is 1. The van der Waals surface area contributed by atoms with E-state index < -0.39 is 5.97 Å². The summed E-state index contributed by atoms with van der Waals surface area (Å²) in [4.78, 5) is 16.2. The number of hydrogen-bond acceptors (Lipinski definition) is 4. The minimum atomic E-state index is -0.427. The molecular formula is C14H8ClNO2S. The SMILES string of the molecule is O=C(Oc1ccccc1Cl)c1ccc2ncsc2c1. The molecule has 3 nitrogen and oxygen atoms in total. The van der Waals surface area contributed by atoms with Gasteiger partial charge >= 0.3 is 5.97 Å². The molecule has 3 aromatic rings. The average Bonchev–Trinajstić information content (AvgIpc) is 2.88. The largest absolute Gasteiger partial charge is 0.421 e. The molecule has 0 saturated carbocycles. The van der Waals surface area contributed by atoms with Gasteiger partial charge in [-0.3, -0.25) is 0 Å². The molecule has 5 heteroatoms. The van der Waals surface area contributed by atoms with Gasteiger partial charge in [0.1, 0.15) is 5.75 Å². The quantitative estimate of drug-likeness (QED) is 0.525. The highest BCUT2D eigenvalue weighted by molar-refractivity contribution is 7.16. The van der Waals surface area contributed by atoms with Crippen LogP contribution in [0.4, 0.5) is 0 Å². The number of fused-ring (bicyclic) bond motifs is 1.